The van der Waals surface area contributed by atoms with Crippen molar-refractivity contribution in [3.05, 3.63) is 96.3 Å². The number of amides is 4. The Kier molecular flexibility index (Phi) is 14.5. The minimum atomic E-state index is -0.793. The van der Waals surface area contributed by atoms with Crippen LogP contribution in [0.25, 0.3) is 33.6 Å². The number of aromatic nitrogens is 4. The van der Waals surface area contributed by atoms with E-state index in [4.69, 9.17) is 28.9 Å². The number of nitrogens with one attached hydrogen (secondary N) is 4. The highest BCUT2D eigenvalue weighted by Crippen LogP contribution is 2.46. The van der Waals surface area contributed by atoms with Crippen molar-refractivity contribution >= 4 is 23.6 Å². The molecule has 0 bridgehead atoms. The Morgan fingerprint density at radius 1 is 0.667 bits per heavy atom. The molecule has 4 amide bonds. The largest absolute Gasteiger partial charge is 0.487 e. The number of benzene rings is 3. The maximum atomic E-state index is 14.0. The second-order valence-corrected chi connectivity index (χ2v) is 15.8. The zero-order chi connectivity index (χ0) is 44.5. The Balaban J connectivity index is 1.15. The highest BCUT2D eigenvalue weighted by molar-refractivity contribution is 5.89. The molecule has 0 unspecified atom stereocenters. The zero-order valence-corrected chi connectivity index (χ0v) is 36.4. The summed E-state index contributed by atoms with van der Waals surface area (Å²) in [5.74, 6) is 1.49. The number of H-pyrrole nitrogens is 2. The fraction of sp³-hybridized carbons (Fsp3) is 0.404. The predicted octanol–water partition coefficient (Wildman–Crippen LogP) is 5.91. The van der Waals surface area contributed by atoms with Crippen LogP contribution in [0.2, 0.25) is 0 Å². The number of aromatic amines is 2. The van der Waals surface area contributed by atoms with Crippen LogP contribution in [0, 0.1) is 0 Å². The summed E-state index contributed by atoms with van der Waals surface area (Å²) in [6.45, 7) is 6.85. The van der Waals surface area contributed by atoms with Crippen LogP contribution >= 0.6 is 0 Å². The third-order valence-electron chi connectivity index (χ3n) is 11.4. The highest BCUT2D eigenvalue weighted by atomic mass is 16.5. The van der Waals surface area contributed by atoms with Gasteiger partial charge in [0, 0.05) is 52.3 Å². The first-order valence-electron chi connectivity index (χ1n) is 21.4. The predicted molar refractivity (Wildman–Crippen MR) is 235 cm³/mol. The highest BCUT2D eigenvalue weighted by Gasteiger charge is 2.37. The van der Waals surface area contributed by atoms with Crippen molar-refractivity contribution in [1.82, 2.24) is 40.4 Å². The van der Waals surface area contributed by atoms with E-state index in [2.05, 4.69) is 20.6 Å². The third kappa shape index (κ3) is 10.2. The molecule has 4 atom stereocenters. The van der Waals surface area contributed by atoms with Gasteiger partial charge in [0.15, 0.2) is 11.5 Å². The molecule has 7 rings (SSSR count). The minimum Gasteiger partial charge on any atom is -0.487 e. The minimum absolute atomic E-state index is 0.157. The van der Waals surface area contributed by atoms with E-state index < -0.39 is 12.1 Å². The van der Waals surface area contributed by atoms with Gasteiger partial charge in [0.25, 0.3) is 0 Å². The molecule has 332 valence electrons. The Bertz CT molecular complexity index is 2360. The molecule has 63 heavy (non-hydrogen) atoms. The van der Waals surface area contributed by atoms with Crippen molar-refractivity contribution in [3.8, 4) is 45.1 Å². The van der Waals surface area contributed by atoms with E-state index in [1.807, 2.05) is 71.6 Å². The molecule has 2 saturated heterocycles. The Morgan fingerprint density at radius 3 is 1.78 bits per heavy atom. The summed E-state index contributed by atoms with van der Waals surface area (Å²) in [7, 11) is 3.23. The van der Waals surface area contributed by atoms with Gasteiger partial charge in [0.1, 0.15) is 36.9 Å². The lowest BCUT2D eigenvalue weighted by Gasteiger charge is -2.28. The van der Waals surface area contributed by atoms with Crippen LogP contribution in [0.4, 0.5) is 0 Å². The maximum Gasteiger partial charge on any atom is 0.250 e. The van der Waals surface area contributed by atoms with Crippen molar-refractivity contribution < 1.29 is 38.1 Å². The summed E-state index contributed by atoms with van der Waals surface area (Å²) in [6, 6.07) is 19.3. The molecule has 4 N–H and O–H groups in total. The zero-order valence-electron chi connectivity index (χ0n) is 36.4. The van der Waals surface area contributed by atoms with E-state index in [0.29, 0.717) is 55.1 Å². The van der Waals surface area contributed by atoms with Crippen molar-refractivity contribution in [2.75, 3.05) is 53.7 Å². The van der Waals surface area contributed by atoms with Crippen LogP contribution in [0.1, 0.15) is 81.8 Å². The van der Waals surface area contributed by atoms with Gasteiger partial charge in [0.2, 0.25) is 23.6 Å². The average Bonchev–Trinajstić information content (AvgIpc) is 4.13. The van der Waals surface area contributed by atoms with Crippen LogP contribution in [0.3, 0.4) is 0 Å². The molecule has 2 aromatic heterocycles. The van der Waals surface area contributed by atoms with E-state index in [1.54, 1.807) is 38.4 Å². The number of carbonyl (C=O) groups excluding carboxylic acids is 4. The van der Waals surface area contributed by atoms with Crippen molar-refractivity contribution in [1.29, 1.82) is 0 Å². The molecule has 2 aliphatic heterocycles. The number of methoxy groups -OCH3 is 2. The van der Waals surface area contributed by atoms with E-state index in [9.17, 15) is 19.2 Å². The topological polar surface area (TPSA) is 193 Å². The second kappa shape index (κ2) is 20.6. The SMILES string of the molecule is COCCOc1c(-c2ccc(-c3cnc([C@@H]4CCCN4C(=O)[C@H](NC(C)=O)c4ccccc4)[nH]3)cc2)ccc(-c2cnc([C@@H]3CCCN3C(=O)[C@@H](C)NC(C)=O)[nH]2)c1OCCOC. The van der Waals surface area contributed by atoms with Gasteiger partial charge in [-0.25, -0.2) is 9.97 Å². The third-order valence-corrected chi connectivity index (χ3v) is 11.4. The first-order chi connectivity index (χ1) is 30.6. The molecule has 5 aromatic rings. The first kappa shape index (κ1) is 44.5. The Morgan fingerprint density at radius 2 is 1.19 bits per heavy atom. The molecule has 2 fully saturated rings. The van der Waals surface area contributed by atoms with Gasteiger partial charge in [-0.15, -0.1) is 0 Å². The summed E-state index contributed by atoms with van der Waals surface area (Å²) in [5, 5.41) is 5.55. The van der Waals surface area contributed by atoms with Gasteiger partial charge in [-0.1, -0.05) is 54.6 Å². The molecule has 0 radical (unpaired) electrons. The fourth-order valence-corrected chi connectivity index (χ4v) is 8.41. The summed E-state index contributed by atoms with van der Waals surface area (Å²) in [6.07, 6.45) is 6.63. The van der Waals surface area contributed by atoms with Crippen LogP contribution in [0.5, 0.6) is 11.5 Å². The second-order valence-electron chi connectivity index (χ2n) is 15.8. The number of hydrogen-bond donors (Lipinski definition) is 4. The number of carbonyl (C=O) groups is 4. The maximum absolute atomic E-state index is 14.0. The number of rotatable bonds is 18. The molecular formula is C47H56N8O8. The number of likely N-dealkylation sites (tertiary alicyclic amines) is 2. The summed E-state index contributed by atoms with van der Waals surface area (Å²) in [5.41, 5.74) is 5.52. The standard InChI is InChI=1S/C47H56N8O8/c1-29(50-30(2)56)46(58)54-21-9-13-39(54)45-49-28-38(53-45)36-20-19-35(42(62-25-23-60-4)43(36)63-26-24-61-5)32-15-17-33(18-16-32)37-27-48-44(52-37)40-14-10-22-55(40)47(59)41(51-31(3)57)34-11-7-6-8-12-34/h6-8,11-12,15-20,27-29,39-41H,9-10,13-14,21-26H2,1-5H3,(H,48,52)(H,49,53)(H,50,56)(H,51,57)/t29-,39+,40+,41-/m1/s1. The van der Waals surface area contributed by atoms with Gasteiger partial charge < -0.3 is 49.3 Å². The lowest BCUT2D eigenvalue weighted by molar-refractivity contribution is -0.137. The lowest BCUT2D eigenvalue weighted by atomic mass is 9.98. The number of ether oxygens (including phenoxy) is 4. The number of nitrogens with zero attached hydrogens (tertiary/aromatic N) is 4. The van der Waals surface area contributed by atoms with Gasteiger partial charge in [0.05, 0.1) is 49.1 Å². The van der Waals surface area contributed by atoms with Gasteiger partial charge >= 0.3 is 0 Å². The van der Waals surface area contributed by atoms with E-state index in [-0.39, 0.29) is 48.9 Å². The molecule has 2 aliphatic rings. The lowest BCUT2D eigenvalue weighted by Crippen LogP contribution is -2.46. The smallest absolute Gasteiger partial charge is 0.250 e. The van der Waals surface area contributed by atoms with Crippen molar-refractivity contribution in [2.45, 2.75) is 70.6 Å². The summed E-state index contributed by atoms with van der Waals surface area (Å²) >= 11 is 0. The fourth-order valence-electron chi connectivity index (χ4n) is 8.41. The Labute approximate surface area is 367 Å². The normalized spacial score (nSPS) is 17.0. The van der Waals surface area contributed by atoms with Gasteiger partial charge in [-0.3, -0.25) is 19.2 Å². The van der Waals surface area contributed by atoms with Crippen LogP contribution in [0.15, 0.2) is 79.1 Å². The van der Waals surface area contributed by atoms with Gasteiger partial charge in [-0.05, 0) is 61.4 Å². The van der Waals surface area contributed by atoms with Crippen LogP contribution in [-0.4, -0.2) is 113 Å². The molecule has 16 nitrogen and oxygen atoms in total. The molecular weight excluding hydrogens is 805 g/mol. The van der Waals surface area contributed by atoms with E-state index in [0.717, 1.165) is 59.2 Å². The Hall–Kier alpha value is -6.52. The average molecular weight is 861 g/mol. The molecule has 4 heterocycles. The molecule has 0 saturated carbocycles. The quantitative estimate of drug-likeness (QED) is 0.0770. The van der Waals surface area contributed by atoms with E-state index >= 15 is 0 Å². The van der Waals surface area contributed by atoms with E-state index in [1.165, 1.54) is 13.8 Å². The monoisotopic (exact) mass is 860 g/mol. The first-order valence-corrected chi connectivity index (χ1v) is 21.4. The number of imidazole rings is 2. The van der Waals surface area contributed by atoms with Crippen molar-refractivity contribution in [3.63, 3.8) is 0 Å². The van der Waals surface area contributed by atoms with Crippen LogP contribution in [-0.2, 0) is 28.7 Å². The summed E-state index contributed by atoms with van der Waals surface area (Å²) < 4.78 is 23.6. The molecule has 0 spiro atoms. The molecule has 16 heteroatoms. The van der Waals surface area contributed by atoms with Gasteiger partial charge in [-0.2, -0.15) is 0 Å². The van der Waals surface area contributed by atoms with Crippen molar-refractivity contribution in [2.24, 2.45) is 0 Å². The number of hydrogen-bond acceptors (Lipinski definition) is 10. The van der Waals surface area contributed by atoms with Crippen LogP contribution < -0.4 is 20.1 Å². The molecule has 3 aromatic carbocycles. The summed E-state index contributed by atoms with van der Waals surface area (Å²) in [4.78, 5) is 71.2. The molecule has 0 aliphatic carbocycles.